The molecule has 2 aromatic rings. The molecule has 0 radical (unpaired) electrons. The standard InChI is InChI=1S/C18H17BrO2/c19-17-8-4-13(5-9-17)11-21-12-18(20)16-7-6-14-2-1-3-15(14)10-16/h4-10H,1-3,11-12H2. The molecule has 0 aliphatic heterocycles. The fourth-order valence-electron chi connectivity index (χ4n) is 2.67. The maximum absolute atomic E-state index is 12.2. The van der Waals surface area contributed by atoms with Gasteiger partial charge in [-0.2, -0.15) is 0 Å². The predicted octanol–water partition coefficient (Wildman–Crippen LogP) is 4.34. The maximum Gasteiger partial charge on any atom is 0.188 e. The molecule has 3 heteroatoms. The van der Waals surface area contributed by atoms with E-state index in [9.17, 15) is 4.79 Å². The van der Waals surface area contributed by atoms with Gasteiger partial charge in [-0.25, -0.2) is 0 Å². The zero-order chi connectivity index (χ0) is 14.7. The molecule has 0 heterocycles. The van der Waals surface area contributed by atoms with Crippen LogP contribution in [0.25, 0.3) is 0 Å². The second-order valence-corrected chi connectivity index (χ2v) is 6.30. The number of aryl methyl sites for hydroxylation is 2. The van der Waals surface area contributed by atoms with Gasteiger partial charge in [0.15, 0.2) is 5.78 Å². The third kappa shape index (κ3) is 3.60. The highest BCUT2D eigenvalue weighted by Gasteiger charge is 2.13. The molecule has 3 rings (SSSR count). The van der Waals surface area contributed by atoms with Crippen LogP contribution in [0.4, 0.5) is 0 Å². The predicted molar refractivity (Wildman–Crippen MR) is 86.6 cm³/mol. The Hall–Kier alpha value is -1.45. The van der Waals surface area contributed by atoms with E-state index in [-0.39, 0.29) is 12.4 Å². The van der Waals surface area contributed by atoms with E-state index in [0.29, 0.717) is 6.61 Å². The largest absolute Gasteiger partial charge is 0.369 e. The van der Waals surface area contributed by atoms with Gasteiger partial charge in [0.25, 0.3) is 0 Å². The molecular weight excluding hydrogens is 328 g/mol. The summed E-state index contributed by atoms with van der Waals surface area (Å²) in [4.78, 5) is 12.2. The molecule has 2 nitrogen and oxygen atoms in total. The van der Waals surface area contributed by atoms with Crippen LogP contribution in [0.5, 0.6) is 0 Å². The van der Waals surface area contributed by atoms with Crippen molar-refractivity contribution in [1.29, 1.82) is 0 Å². The Labute approximate surface area is 133 Å². The molecule has 0 atom stereocenters. The molecule has 1 aliphatic carbocycles. The molecule has 0 saturated heterocycles. The van der Waals surface area contributed by atoms with Crippen molar-refractivity contribution in [3.63, 3.8) is 0 Å². The highest BCUT2D eigenvalue weighted by atomic mass is 79.9. The number of carbonyl (C=O) groups is 1. The summed E-state index contributed by atoms with van der Waals surface area (Å²) in [6.07, 6.45) is 3.44. The first kappa shape index (κ1) is 14.5. The Balaban J connectivity index is 1.55. The van der Waals surface area contributed by atoms with Crippen LogP contribution in [0.3, 0.4) is 0 Å². The fourth-order valence-corrected chi connectivity index (χ4v) is 2.94. The van der Waals surface area contributed by atoms with E-state index in [1.165, 1.54) is 17.5 Å². The second kappa shape index (κ2) is 6.54. The average Bonchev–Trinajstić information content (AvgIpc) is 2.96. The number of rotatable bonds is 5. The number of hydrogen-bond acceptors (Lipinski definition) is 2. The van der Waals surface area contributed by atoms with Gasteiger partial charge >= 0.3 is 0 Å². The van der Waals surface area contributed by atoms with Gasteiger partial charge in [0.1, 0.15) is 6.61 Å². The van der Waals surface area contributed by atoms with Crippen LogP contribution in [0, 0.1) is 0 Å². The van der Waals surface area contributed by atoms with E-state index >= 15 is 0 Å². The molecule has 108 valence electrons. The summed E-state index contributed by atoms with van der Waals surface area (Å²) in [6, 6.07) is 14.0. The van der Waals surface area contributed by atoms with E-state index in [2.05, 4.69) is 22.0 Å². The zero-order valence-corrected chi connectivity index (χ0v) is 13.4. The van der Waals surface area contributed by atoms with Crippen molar-refractivity contribution in [3.05, 3.63) is 69.2 Å². The summed E-state index contributed by atoms with van der Waals surface area (Å²) >= 11 is 3.40. The fraction of sp³-hybridized carbons (Fsp3) is 0.278. The number of ether oxygens (including phenoxy) is 1. The lowest BCUT2D eigenvalue weighted by Gasteiger charge is -2.06. The monoisotopic (exact) mass is 344 g/mol. The lowest BCUT2D eigenvalue weighted by Crippen LogP contribution is -2.09. The Kier molecular flexibility index (Phi) is 4.51. The lowest BCUT2D eigenvalue weighted by atomic mass is 10.0. The molecule has 0 fully saturated rings. The molecule has 0 unspecified atom stereocenters. The molecule has 0 spiro atoms. The summed E-state index contributed by atoms with van der Waals surface area (Å²) in [6.45, 7) is 0.596. The van der Waals surface area contributed by atoms with Crippen molar-refractivity contribution < 1.29 is 9.53 Å². The van der Waals surface area contributed by atoms with Gasteiger partial charge in [0.2, 0.25) is 0 Å². The van der Waals surface area contributed by atoms with Crippen LogP contribution < -0.4 is 0 Å². The van der Waals surface area contributed by atoms with E-state index < -0.39 is 0 Å². The minimum Gasteiger partial charge on any atom is -0.369 e. The Morgan fingerprint density at radius 3 is 2.62 bits per heavy atom. The third-order valence-electron chi connectivity index (χ3n) is 3.84. The molecule has 1 aliphatic rings. The lowest BCUT2D eigenvalue weighted by molar-refractivity contribution is 0.0726. The van der Waals surface area contributed by atoms with Crippen LogP contribution in [0.2, 0.25) is 0 Å². The Morgan fingerprint density at radius 2 is 1.81 bits per heavy atom. The first-order valence-electron chi connectivity index (χ1n) is 7.19. The van der Waals surface area contributed by atoms with Gasteiger partial charge < -0.3 is 4.74 Å². The SMILES string of the molecule is O=C(COCc1ccc(Br)cc1)c1ccc2c(c1)CCC2. The summed E-state index contributed by atoms with van der Waals surface area (Å²) < 4.78 is 6.57. The number of fused-ring (bicyclic) bond motifs is 1. The van der Waals surface area contributed by atoms with Gasteiger partial charge in [0, 0.05) is 10.0 Å². The highest BCUT2D eigenvalue weighted by Crippen LogP contribution is 2.23. The van der Waals surface area contributed by atoms with Gasteiger partial charge in [-0.1, -0.05) is 40.2 Å². The average molecular weight is 345 g/mol. The van der Waals surface area contributed by atoms with Crippen LogP contribution in [0.15, 0.2) is 46.9 Å². The van der Waals surface area contributed by atoms with Crippen molar-refractivity contribution in [2.45, 2.75) is 25.9 Å². The highest BCUT2D eigenvalue weighted by molar-refractivity contribution is 9.10. The second-order valence-electron chi connectivity index (χ2n) is 5.38. The molecule has 0 saturated carbocycles. The van der Waals surface area contributed by atoms with Gasteiger partial charge in [-0.05, 0) is 54.2 Å². The molecule has 0 amide bonds. The normalized spacial score (nSPS) is 13.2. The first-order valence-corrected chi connectivity index (χ1v) is 7.99. The number of hydrogen-bond donors (Lipinski definition) is 0. The number of carbonyl (C=O) groups excluding carboxylic acids is 1. The topological polar surface area (TPSA) is 26.3 Å². The quantitative estimate of drug-likeness (QED) is 0.754. The van der Waals surface area contributed by atoms with Crippen LogP contribution in [0.1, 0.15) is 33.5 Å². The minimum atomic E-state index is 0.0572. The van der Waals surface area contributed by atoms with Crippen molar-refractivity contribution in [2.24, 2.45) is 0 Å². The Morgan fingerprint density at radius 1 is 1.05 bits per heavy atom. The molecular formula is C18H17BrO2. The molecule has 0 bridgehead atoms. The van der Waals surface area contributed by atoms with Crippen LogP contribution >= 0.6 is 15.9 Å². The van der Waals surface area contributed by atoms with Gasteiger partial charge in [-0.3, -0.25) is 4.79 Å². The summed E-state index contributed by atoms with van der Waals surface area (Å²) in [5.41, 5.74) is 4.56. The van der Waals surface area contributed by atoms with E-state index in [4.69, 9.17) is 4.74 Å². The molecule has 0 aromatic heterocycles. The number of Topliss-reactive ketones (excluding diaryl/α,β-unsaturated/α-hetero) is 1. The first-order chi connectivity index (χ1) is 10.2. The van der Waals surface area contributed by atoms with E-state index in [1.807, 2.05) is 36.4 Å². The zero-order valence-electron chi connectivity index (χ0n) is 11.8. The van der Waals surface area contributed by atoms with Crippen LogP contribution in [-0.4, -0.2) is 12.4 Å². The molecule has 0 N–H and O–H groups in total. The smallest absolute Gasteiger partial charge is 0.188 e. The molecule has 2 aromatic carbocycles. The Bertz CT molecular complexity index is 647. The number of benzene rings is 2. The van der Waals surface area contributed by atoms with Crippen molar-refractivity contribution in [1.82, 2.24) is 0 Å². The number of ketones is 1. The summed E-state index contributed by atoms with van der Waals surface area (Å²) in [5.74, 6) is 0.0572. The molecule has 21 heavy (non-hydrogen) atoms. The van der Waals surface area contributed by atoms with E-state index in [1.54, 1.807) is 0 Å². The van der Waals surface area contributed by atoms with Gasteiger partial charge in [-0.15, -0.1) is 0 Å². The summed E-state index contributed by atoms with van der Waals surface area (Å²) in [7, 11) is 0. The van der Waals surface area contributed by atoms with Gasteiger partial charge in [0.05, 0.1) is 6.61 Å². The van der Waals surface area contributed by atoms with Crippen molar-refractivity contribution >= 4 is 21.7 Å². The third-order valence-corrected chi connectivity index (χ3v) is 4.36. The summed E-state index contributed by atoms with van der Waals surface area (Å²) in [5, 5.41) is 0. The van der Waals surface area contributed by atoms with Crippen molar-refractivity contribution in [3.8, 4) is 0 Å². The number of halogens is 1. The maximum atomic E-state index is 12.2. The minimum absolute atomic E-state index is 0.0572. The van der Waals surface area contributed by atoms with Crippen LogP contribution in [-0.2, 0) is 24.2 Å². The van der Waals surface area contributed by atoms with E-state index in [0.717, 1.165) is 28.4 Å². The van der Waals surface area contributed by atoms with Crippen molar-refractivity contribution in [2.75, 3.05) is 6.61 Å².